The zero-order valence-corrected chi connectivity index (χ0v) is 25.1. The minimum Gasteiger partial charge on any atom is -0.497 e. The fourth-order valence-corrected chi connectivity index (χ4v) is 4.40. The molecule has 0 aliphatic carbocycles. The summed E-state index contributed by atoms with van der Waals surface area (Å²) in [7, 11) is -3.50. The normalized spacial score (nSPS) is 16.9. The lowest BCUT2D eigenvalue weighted by molar-refractivity contribution is -0.120. The van der Waals surface area contributed by atoms with Crippen molar-refractivity contribution in [3.8, 4) is 0 Å². The Kier molecular flexibility index (Phi) is 14.2. The van der Waals surface area contributed by atoms with Crippen LogP contribution in [0.4, 0.5) is 0 Å². The van der Waals surface area contributed by atoms with Crippen LogP contribution in [0.5, 0.6) is 0 Å². The molecule has 0 N–H and O–H groups in total. The molecule has 0 saturated carbocycles. The van der Waals surface area contributed by atoms with Crippen LogP contribution < -0.4 is 0 Å². The highest BCUT2D eigenvalue weighted by atomic mass is 32.2. The number of ether oxygens (including phenoxy) is 4. The summed E-state index contributed by atoms with van der Waals surface area (Å²) in [5.41, 5.74) is 1.66. The van der Waals surface area contributed by atoms with Crippen LogP contribution >= 0.6 is 0 Å². The topological polar surface area (TPSA) is 80.3 Å². The summed E-state index contributed by atoms with van der Waals surface area (Å²) in [6.07, 6.45) is 5.37. The quantitative estimate of drug-likeness (QED) is 0.116. The first-order valence-corrected chi connectivity index (χ1v) is 15.4. The summed E-state index contributed by atoms with van der Waals surface area (Å²) in [5, 5.41) is 0. The highest BCUT2D eigenvalue weighted by Gasteiger charge is 2.30. The lowest BCUT2D eigenvalue weighted by atomic mass is 9.85. The zero-order valence-electron chi connectivity index (χ0n) is 24.2. The molecular formula is C31H46O7S. The molecule has 0 saturated heterocycles. The highest BCUT2D eigenvalue weighted by molar-refractivity contribution is 7.85. The number of hydrogen-bond acceptors (Lipinski definition) is 7. The molecule has 218 valence electrons. The van der Waals surface area contributed by atoms with E-state index in [2.05, 4.69) is 39.0 Å². The van der Waals surface area contributed by atoms with Crippen molar-refractivity contribution >= 4 is 10.1 Å². The van der Waals surface area contributed by atoms with Gasteiger partial charge in [-0.3, -0.25) is 4.18 Å². The summed E-state index contributed by atoms with van der Waals surface area (Å²) >= 11 is 0. The lowest BCUT2D eigenvalue weighted by Crippen LogP contribution is -2.39. The van der Waals surface area contributed by atoms with Gasteiger partial charge >= 0.3 is 0 Å². The fraction of sp³-hybridized carbons (Fsp3) is 0.548. The van der Waals surface area contributed by atoms with Gasteiger partial charge in [-0.25, -0.2) is 0 Å². The molecule has 0 fully saturated rings. The maximum absolute atomic E-state index is 11.2. The molecule has 0 heterocycles. The van der Waals surface area contributed by atoms with E-state index in [1.165, 1.54) is 0 Å². The Bertz CT molecular complexity index is 1060. The largest absolute Gasteiger partial charge is 0.497 e. The van der Waals surface area contributed by atoms with Gasteiger partial charge in [-0.05, 0) is 50.3 Å². The summed E-state index contributed by atoms with van der Waals surface area (Å²) in [5.74, 6) is 0.151. The third-order valence-electron chi connectivity index (χ3n) is 6.97. The Morgan fingerprint density at radius 3 is 2.00 bits per heavy atom. The van der Waals surface area contributed by atoms with Gasteiger partial charge in [0.2, 0.25) is 0 Å². The summed E-state index contributed by atoms with van der Waals surface area (Å²) in [6, 6.07) is 20.2. The molecule has 0 radical (unpaired) electrons. The van der Waals surface area contributed by atoms with Gasteiger partial charge in [0.1, 0.15) is 6.61 Å². The maximum Gasteiger partial charge on any atom is 0.264 e. The second kappa shape index (κ2) is 16.8. The molecule has 2 aromatic carbocycles. The molecule has 5 atom stereocenters. The smallest absolute Gasteiger partial charge is 0.264 e. The number of rotatable bonds is 19. The van der Waals surface area contributed by atoms with Crippen LogP contribution in [0.3, 0.4) is 0 Å². The van der Waals surface area contributed by atoms with Gasteiger partial charge < -0.3 is 18.9 Å². The Morgan fingerprint density at radius 1 is 0.846 bits per heavy atom. The summed E-state index contributed by atoms with van der Waals surface area (Å²) in [4.78, 5) is 0. The Balaban J connectivity index is 2.02. The molecule has 2 aromatic rings. The molecular weight excluding hydrogens is 516 g/mol. The van der Waals surface area contributed by atoms with Crippen LogP contribution in [0.15, 0.2) is 73.0 Å². The monoisotopic (exact) mass is 562 g/mol. The first-order chi connectivity index (χ1) is 18.5. The van der Waals surface area contributed by atoms with E-state index >= 15 is 0 Å². The van der Waals surface area contributed by atoms with Crippen molar-refractivity contribution in [2.24, 2.45) is 11.8 Å². The van der Waals surface area contributed by atoms with Crippen molar-refractivity contribution in [2.75, 3.05) is 26.1 Å². The van der Waals surface area contributed by atoms with Gasteiger partial charge in [-0.2, -0.15) is 8.42 Å². The van der Waals surface area contributed by atoms with Crippen LogP contribution in [-0.2, 0) is 46.5 Å². The van der Waals surface area contributed by atoms with Crippen molar-refractivity contribution in [3.63, 3.8) is 0 Å². The second-order valence-electron chi connectivity index (χ2n) is 10.3. The average molecular weight is 563 g/mol. The molecule has 39 heavy (non-hydrogen) atoms. The van der Waals surface area contributed by atoms with E-state index < -0.39 is 15.7 Å². The molecule has 0 aliphatic rings. The van der Waals surface area contributed by atoms with Gasteiger partial charge in [0.25, 0.3) is 10.1 Å². The van der Waals surface area contributed by atoms with E-state index in [9.17, 15) is 8.42 Å². The van der Waals surface area contributed by atoms with Crippen molar-refractivity contribution in [2.45, 2.75) is 72.1 Å². The second-order valence-corrected chi connectivity index (χ2v) is 11.9. The van der Waals surface area contributed by atoms with Crippen molar-refractivity contribution in [1.82, 2.24) is 0 Å². The lowest BCUT2D eigenvalue weighted by Gasteiger charge is -2.34. The third kappa shape index (κ3) is 13.1. The predicted octanol–water partition coefficient (Wildman–Crippen LogP) is 6.14. The first-order valence-electron chi connectivity index (χ1n) is 13.6. The predicted molar refractivity (Wildman–Crippen MR) is 155 cm³/mol. The molecule has 2 rings (SSSR count). The first kappa shape index (κ1) is 33.0. The van der Waals surface area contributed by atoms with Gasteiger partial charge in [0.15, 0.2) is 0 Å². The van der Waals surface area contributed by atoms with Crippen molar-refractivity contribution in [1.29, 1.82) is 0 Å². The van der Waals surface area contributed by atoms with E-state index in [4.69, 9.17) is 23.1 Å². The molecule has 0 spiro atoms. The van der Waals surface area contributed by atoms with E-state index in [0.717, 1.165) is 17.4 Å². The number of benzene rings is 2. The molecule has 7 nitrogen and oxygen atoms in total. The zero-order chi connectivity index (χ0) is 28.7. The van der Waals surface area contributed by atoms with Crippen molar-refractivity contribution in [3.05, 3.63) is 84.1 Å². The molecule has 0 aromatic heterocycles. The Morgan fingerprint density at radius 2 is 1.44 bits per heavy atom. The van der Waals surface area contributed by atoms with Crippen LogP contribution in [0.2, 0.25) is 0 Å². The number of hydrogen-bond donors (Lipinski definition) is 0. The van der Waals surface area contributed by atoms with E-state index in [1.807, 2.05) is 62.4 Å². The minimum absolute atomic E-state index is 0.0150. The van der Waals surface area contributed by atoms with E-state index in [-0.39, 0.29) is 37.3 Å². The third-order valence-corrected chi connectivity index (χ3v) is 7.56. The average Bonchev–Trinajstić information content (AvgIpc) is 2.93. The van der Waals surface area contributed by atoms with Crippen molar-refractivity contribution < 1.29 is 31.5 Å². The molecule has 0 bridgehead atoms. The van der Waals surface area contributed by atoms with E-state index in [0.29, 0.717) is 26.2 Å². The van der Waals surface area contributed by atoms with Crippen LogP contribution in [-0.4, -0.2) is 52.3 Å². The fourth-order valence-electron chi connectivity index (χ4n) is 4.03. The van der Waals surface area contributed by atoms with Gasteiger partial charge in [0, 0.05) is 5.92 Å². The standard InChI is InChI=1S/C31H46O7S/c1-7-31(5,37-20-21-38-39(6,32)33)24-36-27(4)30(18-19-34-22-28-14-10-8-11-15-28)25(2)26(3)35-23-29-16-12-9-13-17-29/h8-19,25-27,30H,7,20-24H2,1-6H3/b19-18+/t25-,26-,27?,30-,31?/m0/s1. The summed E-state index contributed by atoms with van der Waals surface area (Å²) < 4.78 is 51.7. The van der Waals surface area contributed by atoms with Gasteiger partial charge in [0.05, 0.1) is 56.8 Å². The highest BCUT2D eigenvalue weighted by Crippen LogP contribution is 2.27. The minimum atomic E-state index is -3.50. The maximum atomic E-state index is 11.2. The molecule has 8 heteroatoms. The Labute approximate surface area is 235 Å². The van der Waals surface area contributed by atoms with Gasteiger partial charge in [-0.15, -0.1) is 0 Å². The van der Waals surface area contributed by atoms with Gasteiger partial charge in [-0.1, -0.05) is 74.5 Å². The molecule has 0 amide bonds. The van der Waals surface area contributed by atoms with Crippen LogP contribution in [0.1, 0.15) is 52.2 Å². The summed E-state index contributed by atoms with van der Waals surface area (Å²) in [6.45, 7) is 11.8. The van der Waals surface area contributed by atoms with E-state index in [1.54, 1.807) is 6.26 Å². The Hall–Kier alpha value is -2.23. The molecule has 0 aliphatic heterocycles. The molecule has 2 unspecified atom stereocenters. The van der Waals surface area contributed by atoms with Crippen LogP contribution in [0, 0.1) is 11.8 Å². The van der Waals surface area contributed by atoms with Crippen LogP contribution in [0.25, 0.3) is 0 Å². The SMILES string of the molecule is CCC(C)(COC(C)[C@@H](/C=C/OCc1ccccc1)[C@@H](C)[C@H](C)OCc1ccccc1)OCCOS(C)(=O)=O.